The lowest BCUT2D eigenvalue weighted by Gasteiger charge is -2.29. The second kappa shape index (κ2) is 7.85. The Morgan fingerprint density at radius 2 is 2.00 bits per heavy atom. The van der Waals surface area contributed by atoms with Crippen molar-refractivity contribution in [2.24, 2.45) is 5.73 Å². The second-order valence-corrected chi connectivity index (χ2v) is 7.89. The molecular weight excluding hydrogens is 388 g/mol. The fraction of sp³-hybridized carbons (Fsp3) is 0.208. The summed E-state index contributed by atoms with van der Waals surface area (Å²) >= 11 is 0. The topological polar surface area (TPSA) is 97.9 Å². The zero-order chi connectivity index (χ0) is 21.4. The quantitative estimate of drug-likeness (QED) is 0.452. The van der Waals surface area contributed by atoms with Crippen LogP contribution in [0, 0.1) is 6.92 Å². The minimum Gasteiger partial charge on any atom is -0.366 e. The van der Waals surface area contributed by atoms with E-state index in [1.54, 1.807) is 6.07 Å². The summed E-state index contributed by atoms with van der Waals surface area (Å²) in [5, 5.41) is 7.64. The minimum atomic E-state index is -0.443. The minimum absolute atomic E-state index is 0.399. The summed E-state index contributed by atoms with van der Waals surface area (Å²) in [7, 11) is 0. The fourth-order valence-electron chi connectivity index (χ4n) is 4.06. The highest BCUT2D eigenvalue weighted by Gasteiger charge is 2.24. The molecule has 0 spiro atoms. The van der Waals surface area contributed by atoms with Crippen LogP contribution in [0.1, 0.15) is 33.1 Å². The number of amides is 1. The van der Waals surface area contributed by atoms with Gasteiger partial charge in [-0.2, -0.15) is 4.98 Å². The van der Waals surface area contributed by atoms with Gasteiger partial charge in [0.1, 0.15) is 5.82 Å². The molecule has 7 nitrogen and oxygen atoms in total. The second-order valence-electron chi connectivity index (χ2n) is 7.89. The molecule has 4 N–H and O–H groups in total. The maximum absolute atomic E-state index is 11.9. The van der Waals surface area contributed by atoms with Gasteiger partial charge in [0.25, 0.3) is 0 Å². The van der Waals surface area contributed by atoms with Crippen molar-refractivity contribution in [3.63, 3.8) is 0 Å². The van der Waals surface area contributed by atoms with Crippen LogP contribution in [0.5, 0.6) is 0 Å². The molecule has 1 aliphatic heterocycles. The van der Waals surface area contributed by atoms with Gasteiger partial charge in [-0.05, 0) is 30.7 Å². The summed E-state index contributed by atoms with van der Waals surface area (Å²) in [5.74, 6) is 1.37. The van der Waals surface area contributed by atoms with Crippen LogP contribution < -0.4 is 16.4 Å². The Morgan fingerprint density at radius 3 is 2.71 bits per heavy atom. The van der Waals surface area contributed by atoms with E-state index in [4.69, 9.17) is 15.7 Å². The highest BCUT2D eigenvalue weighted by molar-refractivity contribution is 6.06. The molecule has 156 valence electrons. The number of benzene rings is 2. The van der Waals surface area contributed by atoms with Crippen molar-refractivity contribution in [3.05, 3.63) is 83.2 Å². The van der Waals surface area contributed by atoms with Gasteiger partial charge in [0.05, 0.1) is 5.52 Å². The smallest absolute Gasteiger partial charge is 0.249 e. The van der Waals surface area contributed by atoms with Crippen molar-refractivity contribution in [2.45, 2.75) is 19.4 Å². The third kappa shape index (κ3) is 3.53. The van der Waals surface area contributed by atoms with Gasteiger partial charge < -0.3 is 16.4 Å². The predicted molar refractivity (Wildman–Crippen MR) is 121 cm³/mol. The summed E-state index contributed by atoms with van der Waals surface area (Å²) < 4.78 is 1.97. The Labute approximate surface area is 180 Å². The molecule has 5 rings (SSSR count). The number of carbonyl (C=O) groups excluding carboxylic acids is 1. The van der Waals surface area contributed by atoms with Crippen molar-refractivity contribution in [1.82, 2.24) is 19.9 Å². The zero-order valence-electron chi connectivity index (χ0n) is 17.3. The van der Waals surface area contributed by atoms with Gasteiger partial charge in [-0.25, -0.2) is 4.98 Å². The Kier molecular flexibility index (Phi) is 4.88. The number of aromatic nitrogens is 3. The molecule has 0 atom stereocenters. The van der Waals surface area contributed by atoms with Crippen LogP contribution in [0.3, 0.4) is 0 Å². The number of hydrogen-bond acceptors (Lipinski definition) is 5. The number of fused-ring (bicyclic) bond motifs is 1. The summed E-state index contributed by atoms with van der Waals surface area (Å²) in [4.78, 5) is 21.5. The highest BCUT2D eigenvalue weighted by Crippen LogP contribution is 2.29. The lowest BCUT2D eigenvalue weighted by Crippen LogP contribution is -2.40. The Morgan fingerprint density at radius 1 is 1.19 bits per heavy atom. The largest absolute Gasteiger partial charge is 0.366 e. The molecule has 2 aromatic carbocycles. The highest BCUT2D eigenvalue weighted by atomic mass is 16.1. The number of nitrogens with zero attached hydrogens (tertiary/aromatic N) is 3. The average molecular weight is 412 g/mol. The molecule has 0 radical (unpaired) electrons. The number of nitrogens with one attached hydrogen (secondary N) is 2. The van der Waals surface area contributed by atoms with Crippen molar-refractivity contribution in [2.75, 3.05) is 18.4 Å². The third-order valence-corrected chi connectivity index (χ3v) is 5.82. The van der Waals surface area contributed by atoms with E-state index in [1.807, 2.05) is 54.1 Å². The first-order valence-corrected chi connectivity index (χ1v) is 10.4. The molecule has 31 heavy (non-hydrogen) atoms. The molecule has 0 aliphatic carbocycles. The zero-order valence-corrected chi connectivity index (χ0v) is 17.3. The van der Waals surface area contributed by atoms with E-state index in [1.165, 1.54) is 5.56 Å². The van der Waals surface area contributed by atoms with Crippen molar-refractivity contribution < 1.29 is 4.79 Å². The summed E-state index contributed by atoms with van der Waals surface area (Å²) in [6, 6.07) is 17.8. The number of carbonyl (C=O) groups is 1. The van der Waals surface area contributed by atoms with Gasteiger partial charge in [0.15, 0.2) is 0 Å². The van der Waals surface area contributed by atoms with E-state index in [2.05, 4.69) is 22.8 Å². The number of primary amides is 1. The van der Waals surface area contributed by atoms with E-state index >= 15 is 0 Å². The lowest BCUT2D eigenvalue weighted by molar-refractivity contribution is 0.100. The number of anilines is 1. The summed E-state index contributed by atoms with van der Waals surface area (Å²) in [5.41, 5.74) is 10.2. The molecule has 3 heterocycles. The molecule has 0 unspecified atom stereocenters. The van der Waals surface area contributed by atoms with Crippen molar-refractivity contribution >= 4 is 22.6 Å². The van der Waals surface area contributed by atoms with E-state index in [0.29, 0.717) is 24.0 Å². The molecule has 1 saturated heterocycles. The Bertz CT molecular complexity index is 1260. The molecule has 1 amide bonds. The van der Waals surface area contributed by atoms with Gasteiger partial charge in [-0.3, -0.25) is 9.36 Å². The van der Waals surface area contributed by atoms with Crippen LogP contribution in [0.2, 0.25) is 0 Å². The lowest BCUT2D eigenvalue weighted by atomic mass is 9.95. The molecule has 1 fully saturated rings. The standard InChI is InChI=1S/C24H24N6O/c1-15-10-19-18(22(25)31)8-5-9-21(19)30(15)24-28-14-20(17-12-26-13-17)23(29-24)27-11-16-6-3-2-4-7-16/h2-10,14,17,26H,11-13H2,1H3,(H2,25,31)(H,27,28,29). The van der Waals surface area contributed by atoms with E-state index in [-0.39, 0.29) is 0 Å². The molecule has 7 heteroatoms. The molecule has 1 aliphatic rings. The summed E-state index contributed by atoms with van der Waals surface area (Å²) in [6.07, 6.45) is 1.92. The number of aryl methyl sites for hydroxylation is 1. The van der Waals surface area contributed by atoms with Gasteiger partial charge in [0, 0.05) is 54.0 Å². The Balaban J connectivity index is 1.58. The first-order valence-electron chi connectivity index (χ1n) is 10.4. The van der Waals surface area contributed by atoms with Crippen LogP contribution in [-0.2, 0) is 6.54 Å². The maximum atomic E-state index is 11.9. The third-order valence-electron chi connectivity index (χ3n) is 5.82. The van der Waals surface area contributed by atoms with E-state index in [0.717, 1.165) is 41.1 Å². The van der Waals surface area contributed by atoms with Crippen LogP contribution in [0.15, 0.2) is 60.8 Å². The number of rotatable bonds is 6. The average Bonchev–Trinajstić information content (AvgIpc) is 3.08. The molecule has 4 aromatic rings. The van der Waals surface area contributed by atoms with Gasteiger partial charge in [-0.15, -0.1) is 0 Å². The predicted octanol–water partition coefficient (Wildman–Crippen LogP) is 3.13. The first kappa shape index (κ1) is 19.3. The van der Waals surface area contributed by atoms with E-state index < -0.39 is 5.91 Å². The van der Waals surface area contributed by atoms with Crippen LogP contribution in [-0.4, -0.2) is 33.5 Å². The van der Waals surface area contributed by atoms with Crippen molar-refractivity contribution in [1.29, 1.82) is 0 Å². The summed E-state index contributed by atoms with van der Waals surface area (Å²) in [6.45, 7) is 4.52. The molecule has 0 bridgehead atoms. The molecule has 2 aromatic heterocycles. The monoisotopic (exact) mass is 412 g/mol. The first-order chi connectivity index (χ1) is 15.1. The SMILES string of the molecule is Cc1cc2c(C(N)=O)cccc2n1-c1ncc(C2CNC2)c(NCc2ccccc2)n1. The van der Waals surface area contributed by atoms with Crippen LogP contribution in [0.25, 0.3) is 16.9 Å². The maximum Gasteiger partial charge on any atom is 0.249 e. The fourth-order valence-corrected chi connectivity index (χ4v) is 4.06. The van der Waals surface area contributed by atoms with E-state index in [9.17, 15) is 4.79 Å². The van der Waals surface area contributed by atoms with Crippen molar-refractivity contribution in [3.8, 4) is 5.95 Å². The van der Waals surface area contributed by atoms with Crippen LogP contribution in [0.4, 0.5) is 5.82 Å². The van der Waals surface area contributed by atoms with Gasteiger partial charge in [0.2, 0.25) is 11.9 Å². The van der Waals surface area contributed by atoms with Gasteiger partial charge in [-0.1, -0.05) is 36.4 Å². The number of nitrogens with two attached hydrogens (primary N) is 1. The molecular formula is C24H24N6O. The Hall–Kier alpha value is -3.71. The van der Waals surface area contributed by atoms with Crippen LogP contribution >= 0.6 is 0 Å². The molecule has 0 saturated carbocycles. The number of hydrogen-bond donors (Lipinski definition) is 3. The van der Waals surface area contributed by atoms with Gasteiger partial charge >= 0.3 is 0 Å². The normalized spacial score (nSPS) is 13.8.